The Morgan fingerprint density at radius 2 is 2.19 bits per heavy atom. The normalized spacial score (nSPS) is 19.2. The van der Waals surface area contributed by atoms with E-state index in [1.165, 1.54) is 0 Å². The van der Waals surface area contributed by atoms with Gasteiger partial charge in [0, 0.05) is 13.1 Å². The predicted octanol–water partition coefficient (Wildman–Crippen LogP) is 0.882. The minimum atomic E-state index is -3.97. The number of carbonyl (C=O) groups is 1. The van der Waals surface area contributed by atoms with Crippen LogP contribution in [0.15, 0.2) is 4.90 Å². The highest BCUT2D eigenvalue weighted by Crippen LogP contribution is 2.25. The van der Waals surface area contributed by atoms with Crippen LogP contribution in [-0.4, -0.2) is 42.5 Å². The number of nitrogens with two attached hydrogens (primary N) is 1. The van der Waals surface area contributed by atoms with Gasteiger partial charge in [-0.05, 0) is 25.2 Å². The molecule has 0 spiro atoms. The number of sulfonamides is 1. The number of aromatic amines is 1. The number of aromatic nitrogens is 2. The number of hydrogen-bond donors (Lipinski definition) is 2. The van der Waals surface area contributed by atoms with E-state index in [1.807, 2.05) is 0 Å². The highest BCUT2D eigenvalue weighted by atomic mass is 32.2. The Morgan fingerprint density at radius 1 is 1.48 bits per heavy atom. The second kappa shape index (κ2) is 6.15. The Kier molecular flexibility index (Phi) is 4.67. The van der Waals surface area contributed by atoms with Crippen molar-refractivity contribution in [3.63, 3.8) is 0 Å². The van der Waals surface area contributed by atoms with Crippen LogP contribution in [0, 0.1) is 5.92 Å². The van der Waals surface area contributed by atoms with E-state index in [1.54, 1.807) is 11.8 Å². The van der Waals surface area contributed by atoms with Crippen LogP contribution >= 0.6 is 0 Å². The standard InChI is InChI=1S/C13H22N4O3S/c1-3-5-9-6-7-17(8-9)13(18)11-12(21(14,19)20)10(4-2)15-16-11/h9H,3-8H2,1-2H3,(H,15,16)(H2,14,19,20). The second-order valence-corrected chi connectivity index (χ2v) is 6.97. The third kappa shape index (κ3) is 3.26. The number of nitrogens with one attached hydrogen (secondary N) is 1. The van der Waals surface area contributed by atoms with E-state index in [0.717, 1.165) is 19.3 Å². The van der Waals surface area contributed by atoms with Gasteiger partial charge in [-0.2, -0.15) is 5.10 Å². The minimum Gasteiger partial charge on any atom is -0.337 e. The number of carbonyl (C=O) groups excluding carboxylic acids is 1. The summed E-state index contributed by atoms with van der Waals surface area (Å²) in [5.41, 5.74) is 0.302. The predicted molar refractivity (Wildman–Crippen MR) is 78.3 cm³/mol. The van der Waals surface area contributed by atoms with Crippen molar-refractivity contribution in [2.45, 2.75) is 44.4 Å². The summed E-state index contributed by atoms with van der Waals surface area (Å²) in [4.78, 5) is 14.0. The molecule has 0 aliphatic carbocycles. The molecule has 21 heavy (non-hydrogen) atoms. The van der Waals surface area contributed by atoms with Crippen LogP contribution in [0.4, 0.5) is 0 Å². The number of hydrogen-bond acceptors (Lipinski definition) is 4. The van der Waals surface area contributed by atoms with Crippen LogP contribution in [0.3, 0.4) is 0 Å². The van der Waals surface area contributed by atoms with Gasteiger partial charge in [0.25, 0.3) is 5.91 Å². The summed E-state index contributed by atoms with van der Waals surface area (Å²) in [5, 5.41) is 11.7. The van der Waals surface area contributed by atoms with Gasteiger partial charge in [-0.25, -0.2) is 13.6 Å². The summed E-state index contributed by atoms with van der Waals surface area (Å²) < 4.78 is 23.5. The van der Waals surface area contributed by atoms with Crippen LogP contribution < -0.4 is 5.14 Å². The molecule has 8 heteroatoms. The van der Waals surface area contributed by atoms with Crippen LogP contribution in [-0.2, 0) is 16.4 Å². The molecular formula is C13H22N4O3S. The summed E-state index contributed by atoms with van der Waals surface area (Å²) in [6.45, 7) is 5.20. The van der Waals surface area contributed by atoms with Crippen molar-refractivity contribution in [2.75, 3.05) is 13.1 Å². The topological polar surface area (TPSA) is 109 Å². The molecule has 0 saturated carbocycles. The largest absolute Gasteiger partial charge is 0.337 e. The van der Waals surface area contributed by atoms with E-state index >= 15 is 0 Å². The van der Waals surface area contributed by atoms with E-state index in [2.05, 4.69) is 17.1 Å². The molecule has 0 aromatic carbocycles. The summed E-state index contributed by atoms with van der Waals surface area (Å²) in [5.74, 6) is 0.134. The van der Waals surface area contributed by atoms with Crippen molar-refractivity contribution in [1.29, 1.82) is 0 Å². The van der Waals surface area contributed by atoms with Gasteiger partial charge in [0.1, 0.15) is 4.90 Å². The van der Waals surface area contributed by atoms with Crippen LogP contribution in [0.2, 0.25) is 0 Å². The van der Waals surface area contributed by atoms with E-state index < -0.39 is 10.0 Å². The lowest BCUT2D eigenvalue weighted by Gasteiger charge is -2.15. The first-order chi connectivity index (χ1) is 9.88. The average Bonchev–Trinajstić information content (AvgIpc) is 3.03. The van der Waals surface area contributed by atoms with E-state index in [4.69, 9.17) is 5.14 Å². The third-order valence-corrected chi connectivity index (χ3v) is 4.91. The van der Waals surface area contributed by atoms with Crippen molar-refractivity contribution in [1.82, 2.24) is 15.1 Å². The molecule has 7 nitrogen and oxygen atoms in total. The molecule has 1 aliphatic heterocycles. The Hall–Kier alpha value is -1.41. The molecule has 1 unspecified atom stereocenters. The minimum absolute atomic E-state index is 0.0773. The third-order valence-electron chi connectivity index (χ3n) is 3.90. The quantitative estimate of drug-likeness (QED) is 0.840. The molecule has 0 bridgehead atoms. The van der Waals surface area contributed by atoms with Crippen molar-refractivity contribution in [3.05, 3.63) is 11.4 Å². The lowest BCUT2D eigenvalue weighted by atomic mass is 10.0. The maximum atomic E-state index is 12.5. The van der Waals surface area contributed by atoms with Crippen molar-refractivity contribution >= 4 is 15.9 Å². The molecule has 2 rings (SSSR count). The van der Waals surface area contributed by atoms with E-state index in [-0.39, 0.29) is 16.5 Å². The van der Waals surface area contributed by atoms with Crippen molar-refractivity contribution in [2.24, 2.45) is 11.1 Å². The molecule has 118 valence electrons. The number of aryl methyl sites for hydroxylation is 1. The lowest BCUT2D eigenvalue weighted by Crippen LogP contribution is -2.31. The SMILES string of the molecule is CCCC1CCN(C(=O)c2n[nH]c(CC)c2S(N)(=O)=O)C1. The first-order valence-electron chi connectivity index (χ1n) is 7.27. The number of nitrogens with zero attached hydrogens (tertiary/aromatic N) is 2. The smallest absolute Gasteiger partial charge is 0.275 e. The molecule has 1 atom stereocenters. The monoisotopic (exact) mass is 314 g/mol. The average molecular weight is 314 g/mol. The maximum Gasteiger partial charge on any atom is 0.275 e. The summed E-state index contributed by atoms with van der Waals surface area (Å²) in [6.07, 6.45) is 3.53. The molecule has 1 amide bonds. The van der Waals surface area contributed by atoms with E-state index in [0.29, 0.717) is 31.1 Å². The first kappa shape index (κ1) is 16.0. The van der Waals surface area contributed by atoms with Crippen LogP contribution in [0.1, 0.15) is 49.3 Å². The first-order valence-corrected chi connectivity index (χ1v) is 8.82. The molecule has 0 radical (unpaired) electrons. The molecule has 1 saturated heterocycles. The van der Waals surface area contributed by atoms with Crippen LogP contribution in [0.25, 0.3) is 0 Å². The highest BCUT2D eigenvalue weighted by Gasteiger charge is 2.33. The van der Waals surface area contributed by atoms with E-state index in [9.17, 15) is 13.2 Å². The fraction of sp³-hybridized carbons (Fsp3) is 0.692. The number of likely N-dealkylation sites (tertiary alicyclic amines) is 1. The Morgan fingerprint density at radius 3 is 2.76 bits per heavy atom. The number of rotatable bonds is 5. The highest BCUT2D eigenvalue weighted by molar-refractivity contribution is 7.89. The summed E-state index contributed by atoms with van der Waals surface area (Å²) in [7, 11) is -3.97. The molecule has 1 aliphatic rings. The van der Waals surface area contributed by atoms with Gasteiger partial charge in [-0.15, -0.1) is 0 Å². The van der Waals surface area contributed by atoms with Gasteiger partial charge in [-0.1, -0.05) is 20.3 Å². The fourth-order valence-electron chi connectivity index (χ4n) is 2.87. The Labute approximate surface area is 124 Å². The second-order valence-electron chi connectivity index (χ2n) is 5.47. The number of amides is 1. The van der Waals surface area contributed by atoms with Crippen LogP contribution in [0.5, 0.6) is 0 Å². The fourth-order valence-corrected chi connectivity index (χ4v) is 3.81. The zero-order valence-corrected chi connectivity index (χ0v) is 13.2. The van der Waals surface area contributed by atoms with Crippen molar-refractivity contribution < 1.29 is 13.2 Å². The van der Waals surface area contributed by atoms with Gasteiger partial charge in [0.15, 0.2) is 5.69 Å². The molecule has 1 fully saturated rings. The Bertz CT molecular complexity index is 623. The number of primary sulfonamides is 1. The number of H-pyrrole nitrogens is 1. The zero-order chi connectivity index (χ0) is 15.6. The summed E-state index contributed by atoms with van der Waals surface area (Å²) in [6, 6.07) is 0. The van der Waals surface area contributed by atoms with Gasteiger partial charge in [0.2, 0.25) is 10.0 Å². The summed E-state index contributed by atoms with van der Waals surface area (Å²) >= 11 is 0. The zero-order valence-electron chi connectivity index (χ0n) is 12.4. The lowest BCUT2D eigenvalue weighted by molar-refractivity contribution is 0.0777. The molecule has 3 N–H and O–H groups in total. The van der Waals surface area contributed by atoms with Gasteiger partial charge in [-0.3, -0.25) is 9.89 Å². The van der Waals surface area contributed by atoms with Gasteiger partial charge < -0.3 is 4.90 Å². The molecular weight excluding hydrogens is 292 g/mol. The molecule has 1 aromatic heterocycles. The van der Waals surface area contributed by atoms with Gasteiger partial charge >= 0.3 is 0 Å². The van der Waals surface area contributed by atoms with Gasteiger partial charge in [0.05, 0.1) is 5.69 Å². The maximum absolute atomic E-state index is 12.5. The Balaban J connectivity index is 2.27. The molecule has 1 aromatic rings. The van der Waals surface area contributed by atoms with Crippen molar-refractivity contribution in [3.8, 4) is 0 Å². The molecule has 2 heterocycles.